The first-order valence-corrected chi connectivity index (χ1v) is 12.5. The van der Waals surface area contributed by atoms with Crippen molar-refractivity contribution in [3.63, 3.8) is 0 Å². The van der Waals surface area contributed by atoms with Gasteiger partial charge in [-0.1, -0.05) is 19.3 Å². The number of hydrogen-bond donors (Lipinski definition) is 2. The maximum atomic E-state index is 13.2. The van der Waals surface area contributed by atoms with Crippen LogP contribution in [-0.2, 0) is 6.54 Å². The monoisotopic (exact) mass is 488 g/mol. The second kappa shape index (κ2) is 9.52. The van der Waals surface area contributed by atoms with Gasteiger partial charge in [0.2, 0.25) is 0 Å². The van der Waals surface area contributed by atoms with E-state index in [-0.39, 0.29) is 11.9 Å². The Balaban J connectivity index is 1.52. The molecule has 4 aromatic rings. The zero-order valence-electron chi connectivity index (χ0n) is 17.6. The summed E-state index contributed by atoms with van der Waals surface area (Å²) in [4.78, 5) is 24.7. The molecule has 1 fully saturated rings. The molecule has 33 heavy (non-hydrogen) atoms. The van der Waals surface area contributed by atoms with Gasteiger partial charge < -0.3 is 10.6 Å². The molecule has 1 aliphatic carbocycles. The van der Waals surface area contributed by atoms with Crippen LogP contribution in [0.15, 0.2) is 36.4 Å². The van der Waals surface area contributed by atoms with Crippen LogP contribution in [-0.4, -0.2) is 38.1 Å². The number of fused-ring (bicyclic) bond motifs is 1. The van der Waals surface area contributed by atoms with Crippen LogP contribution in [0.5, 0.6) is 0 Å². The predicted octanol–water partition coefficient (Wildman–Crippen LogP) is 5.69. The highest BCUT2D eigenvalue weighted by molar-refractivity contribution is 7.25. The second-order valence-electron chi connectivity index (χ2n) is 8.02. The summed E-state index contributed by atoms with van der Waals surface area (Å²) in [5, 5.41) is 11.2. The molecule has 0 spiro atoms. The molecule has 2 N–H and O–H groups in total. The summed E-state index contributed by atoms with van der Waals surface area (Å²) < 4.78 is 26.7. The molecular formula is C22H22F2N6OS2. The summed E-state index contributed by atoms with van der Waals surface area (Å²) in [6, 6.07) is 2.14. The van der Waals surface area contributed by atoms with Crippen molar-refractivity contribution in [3.8, 4) is 9.75 Å². The summed E-state index contributed by atoms with van der Waals surface area (Å²) in [5.74, 6) is -0.190. The number of alkyl halides is 2. The number of nitrogens with one attached hydrogen (secondary N) is 2. The van der Waals surface area contributed by atoms with Gasteiger partial charge in [-0.05, 0) is 18.9 Å². The third-order valence-corrected chi connectivity index (χ3v) is 7.66. The lowest BCUT2D eigenvalue weighted by Crippen LogP contribution is -2.36. The average molecular weight is 489 g/mol. The van der Waals surface area contributed by atoms with E-state index in [9.17, 15) is 13.6 Å². The van der Waals surface area contributed by atoms with Crippen LogP contribution in [0.2, 0.25) is 0 Å². The molecular weight excluding hydrogens is 466 g/mol. The number of anilines is 2. The number of pyridine rings is 1. The molecule has 0 aromatic carbocycles. The first kappa shape index (κ1) is 21.9. The highest BCUT2D eigenvalue weighted by Gasteiger charge is 2.22. The number of hydrogen-bond acceptors (Lipinski definition) is 7. The molecule has 1 saturated carbocycles. The first-order valence-electron chi connectivity index (χ1n) is 10.8. The highest BCUT2D eigenvalue weighted by Crippen LogP contribution is 2.39. The fraction of sp³-hybridized carbons (Fsp3) is 0.364. The zero-order valence-corrected chi connectivity index (χ0v) is 19.3. The van der Waals surface area contributed by atoms with Crippen molar-refractivity contribution >= 4 is 50.2 Å². The van der Waals surface area contributed by atoms with Gasteiger partial charge in [0, 0.05) is 34.9 Å². The third kappa shape index (κ3) is 4.88. The van der Waals surface area contributed by atoms with Crippen molar-refractivity contribution in [2.45, 2.75) is 51.1 Å². The van der Waals surface area contributed by atoms with E-state index in [2.05, 4.69) is 25.7 Å². The molecule has 1 aliphatic rings. The van der Waals surface area contributed by atoms with E-state index >= 15 is 0 Å². The number of halogens is 2. The minimum atomic E-state index is -2.50. The van der Waals surface area contributed by atoms with Crippen molar-refractivity contribution < 1.29 is 13.6 Å². The van der Waals surface area contributed by atoms with E-state index < -0.39 is 13.0 Å². The second-order valence-corrected chi connectivity index (χ2v) is 9.93. The minimum absolute atomic E-state index is 0.152. The number of thiazole rings is 1. The van der Waals surface area contributed by atoms with Crippen LogP contribution >= 0.6 is 22.7 Å². The minimum Gasteiger partial charge on any atom is -0.352 e. The summed E-state index contributed by atoms with van der Waals surface area (Å²) in [5.41, 5.74) is 3.31. The van der Waals surface area contributed by atoms with E-state index in [1.807, 2.05) is 6.07 Å². The summed E-state index contributed by atoms with van der Waals surface area (Å²) in [6.07, 6.45) is 9.24. The molecule has 0 saturated heterocycles. The number of carbonyl (C=O) groups excluding carboxylic acids is 1. The van der Waals surface area contributed by atoms with Crippen molar-refractivity contribution in [1.29, 1.82) is 0 Å². The van der Waals surface area contributed by atoms with Gasteiger partial charge in [0.25, 0.3) is 12.3 Å². The summed E-state index contributed by atoms with van der Waals surface area (Å²) >= 11 is 3.05. The van der Waals surface area contributed by atoms with Gasteiger partial charge >= 0.3 is 0 Å². The number of nitrogens with zero attached hydrogens (tertiary/aromatic N) is 4. The van der Waals surface area contributed by atoms with Crippen LogP contribution < -0.4 is 10.6 Å². The number of thiophene rings is 1. The van der Waals surface area contributed by atoms with Gasteiger partial charge in [0.15, 0.2) is 0 Å². The van der Waals surface area contributed by atoms with Crippen LogP contribution in [0.1, 0.15) is 42.5 Å². The van der Waals surface area contributed by atoms with Gasteiger partial charge in [-0.15, -0.1) is 22.7 Å². The van der Waals surface area contributed by atoms with Gasteiger partial charge in [0.1, 0.15) is 11.4 Å². The predicted molar refractivity (Wildman–Crippen MR) is 127 cm³/mol. The third-order valence-electron chi connectivity index (χ3n) is 5.65. The van der Waals surface area contributed by atoms with E-state index in [1.165, 1.54) is 46.2 Å². The number of amides is 1. The van der Waals surface area contributed by atoms with Gasteiger partial charge in [0.05, 0.1) is 33.5 Å². The Morgan fingerprint density at radius 2 is 2.03 bits per heavy atom. The Kier molecular flexibility index (Phi) is 6.32. The first-order chi connectivity index (χ1) is 16.1. The molecule has 0 radical (unpaired) electrons. The smallest absolute Gasteiger partial charge is 0.257 e. The summed E-state index contributed by atoms with van der Waals surface area (Å²) in [6.45, 7) is -0.490. The average Bonchev–Trinajstić information content (AvgIpc) is 3.55. The van der Waals surface area contributed by atoms with Crippen LogP contribution in [0.25, 0.3) is 20.0 Å². The van der Waals surface area contributed by atoms with Gasteiger partial charge in [-0.3, -0.25) is 14.5 Å². The van der Waals surface area contributed by atoms with Crippen LogP contribution in [0.3, 0.4) is 0 Å². The van der Waals surface area contributed by atoms with Gasteiger partial charge in [-0.2, -0.15) is 5.10 Å². The normalized spacial score (nSPS) is 14.8. The SMILES string of the molecule is O=C(NC1CCCCC1)c1cnc2sc(-c3cncs3)cc2c1Nc1cnn(CC(F)F)c1. The van der Waals surface area contributed by atoms with Crippen molar-refractivity contribution in [2.75, 3.05) is 5.32 Å². The Morgan fingerprint density at radius 1 is 1.18 bits per heavy atom. The number of carbonyl (C=O) groups is 1. The quantitative estimate of drug-likeness (QED) is 0.349. The molecule has 4 aromatic heterocycles. The largest absolute Gasteiger partial charge is 0.352 e. The van der Waals surface area contributed by atoms with Crippen LogP contribution in [0, 0.1) is 0 Å². The fourth-order valence-electron chi connectivity index (χ4n) is 4.08. The Hall–Kier alpha value is -2.92. The lowest BCUT2D eigenvalue weighted by Gasteiger charge is -2.23. The highest BCUT2D eigenvalue weighted by atomic mass is 32.1. The van der Waals surface area contributed by atoms with Crippen molar-refractivity contribution in [3.05, 3.63) is 41.9 Å². The topological polar surface area (TPSA) is 84.7 Å². The van der Waals surface area contributed by atoms with Gasteiger partial charge in [-0.25, -0.2) is 13.8 Å². The molecule has 0 atom stereocenters. The molecule has 0 unspecified atom stereocenters. The molecule has 1 amide bonds. The molecule has 5 rings (SSSR count). The maximum absolute atomic E-state index is 13.2. The van der Waals surface area contributed by atoms with E-state index in [4.69, 9.17) is 0 Å². The molecule has 11 heteroatoms. The lowest BCUT2D eigenvalue weighted by molar-refractivity contribution is 0.0928. The number of aromatic nitrogens is 4. The zero-order chi connectivity index (χ0) is 22.8. The molecule has 172 valence electrons. The molecule has 4 heterocycles. The van der Waals surface area contributed by atoms with E-state index in [0.29, 0.717) is 16.9 Å². The van der Waals surface area contributed by atoms with E-state index in [0.717, 1.165) is 45.7 Å². The maximum Gasteiger partial charge on any atom is 0.257 e. The fourth-order valence-corrected chi connectivity index (χ4v) is 5.79. The van der Waals surface area contributed by atoms with Crippen molar-refractivity contribution in [2.24, 2.45) is 0 Å². The van der Waals surface area contributed by atoms with Crippen molar-refractivity contribution in [1.82, 2.24) is 25.1 Å². The Morgan fingerprint density at radius 3 is 2.79 bits per heavy atom. The molecule has 0 bridgehead atoms. The number of rotatable bonds is 7. The van der Waals surface area contributed by atoms with E-state index in [1.54, 1.807) is 17.9 Å². The standard InChI is InChI=1S/C22H22F2N6OS2/c23-19(24)11-30-10-14(7-27-30)28-20-15-6-17(18-9-25-12-32-18)33-22(15)26-8-16(20)21(31)29-13-4-2-1-3-5-13/h6-10,12-13,19H,1-5,11H2,(H,26,28)(H,29,31). The Bertz CT molecular complexity index is 1250. The lowest BCUT2D eigenvalue weighted by atomic mass is 9.95. The molecule has 0 aliphatic heterocycles. The van der Waals surface area contributed by atoms with Crippen LogP contribution in [0.4, 0.5) is 20.2 Å². The summed E-state index contributed by atoms with van der Waals surface area (Å²) in [7, 11) is 0. The molecule has 7 nitrogen and oxygen atoms in total. The Labute approximate surface area is 196 Å².